The molecule has 2 nitrogen and oxygen atoms in total. The van der Waals surface area contributed by atoms with Gasteiger partial charge in [-0.25, -0.2) is 0 Å². The molecular formula is C53H37NO. The predicted molar refractivity (Wildman–Crippen MR) is 232 cm³/mol. The van der Waals surface area contributed by atoms with E-state index in [1.54, 1.807) is 0 Å². The summed E-state index contributed by atoms with van der Waals surface area (Å²) in [6.07, 6.45) is 0. The Labute approximate surface area is 320 Å². The van der Waals surface area contributed by atoms with Gasteiger partial charge < -0.3 is 9.32 Å². The van der Waals surface area contributed by atoms with Gasteiger partial charge in [-0.3, -0.25) is 0 Å². The van der Waals surface area contributed by atoms with Crippen LogP contribution in [0, 0.1) is 0 Å². The molecule has 9 aromatic carbocycles. The SMILES string of the molecule is CC1(C)c2ccccc2-c2c(N(c3ccc4cc(-c5ccc6ccccc6c5)ccc4c3)c3ccccc3-c3cccc4oc5ccccc5c34)cccc21. The molecular weight excluding hydrogens is 667 g/mol. The molecule has 0 saturated heterocycles. The number of nitrogens with zero attached hydrogens (tertiary/aromatic N) is 1. The first kappa shape index (κ1) is 31.6. The minimum atomic E-state index is -0.128. The van der Waals surface area contributed by atoms with Crippen molar-refractivity contribution in [3.8, 4) is 33.4 Å². The van der Waals surface area contributed by atoms with Crippen LogP contribution >= 0.6 is 0 Å². The maximum Gasteiger partial charge on any atom is 0.136 e. The third-order valence-corrected chi connectivity index (χ3v) is 11.8. The molecule has 0 fully saturated rings. The summed E-state index contributed by atoms with van der Waals surface area (Å²) in [7, 11) is 0. The number of hydrogen-bond donors (Lipinski definition) is 0. The lowest BCUT2D eigenvalue weighted by atomic mass is 9.82. The lowest BCUT2D eigenvalue weighted by Crippen LogP contribution is -2.16. The van der Waals surface area contributed by atoms with Crippen molar-refractivity contribution in [1.82, 2.24) is 0 Å². The van der Waals surface area contributed by atoms with Crippen LogP contribution in [-0.2, 0) is 5.41 Å². The second-order valence-electron chi connectivity index (χ2n) is 15.3. The van der Waals surface area contributed by atoms with Crippen molar-refractivity contribution in [1.29, 1.82) is 0 Å². The van der Waals surface area contributed by atoms with Gasteiger partial charge in [-0.05, 0) is 103 Å². The van der Waals surface area contributed by atoms with Crippen molar-refractivity contribution < 1.29 is 4.42 Å². The monoisotopic (exact) mass is 703 g/mol. The van der Waals surface area contributed by atoms with Crippen molar-refractivity contribution in [3.05, 3.63) is 199 Å². The average Bonchev–Trinajstić information content (AvgIpc) is 3.73. The van der Waals surface area contributed by atoms with Crippen LogP contribution in [-0.4, -0.2) is 0 Å². The van der Waals surface area contributed by atoms with Crippen molar-refractivity contribution >= 4 is 60.5 Å². The Hall–Kier alpha value is -6.90. The fraction of sp³-hybridized carbons (Fsp3) is 0.0566. The molecule has 1 aliphatic carbocycles. The maximum absolute atomic E-state index is 6.40. The van der Waals surface area contributed by atoms with Crippen LogP contribution in [0.4, 0.5) is 17.1 Å². The van der Waals surface area contributed by atoms with Gasteiger partial charge in [0.15, 0.2) is 0 Å². The Morgan fingerprint density at radius 3 is 1.87 bits per heavy atom. The zero-order valence-corrected chi connectivity index (χ0v) is 30.8. The molecule has 0 aliphatic heterocycles. The van der Waals surface area contributed by atoms with E-state index >= 15 is 0 Å². The van der Waals surface area contributed by atoms with Gasteiger partial charge in [0.05, 0.1) is 11.4 Å². The summed E-state index contributed by atoms with van der Waals surface area (Å²) in [5.74, 6) is 0. The first-order chi connectivity index (χ1) is 27.0. The van der Waals surface area contributed by atoms with E-state index in [-0.39, 0.29) is 5.41 Å². The molecule has 0 atom stereocenters. The van der Waals surface area contributed by atoms with E-state index in [9.17, 15) is 0 Å². The van der Waals surface area contributed by atoms with E-state index in [0.29, 0.717) is 0 Å². The minimum absolute atomic E-state index is 0.128. The van der Waals surface area contributed by atoms with Crippen LogP contribution in [0.2, 0.25) is 0 Å². The molecule has 2 heteroatoms. The van der Waals surface area contributed by atoms with Crippen LogP contribution < -0.4 is 4.90 Å². The Kier molecular flexibility index (Phi) is 6.93. The first-order valence-electron chi connectivity index (χ1n) is 19.1. The zero-order chi connectivity index (χ0) is 36.7. The van der Waals surface area contributed by atoms with Crippen molar-refractivity contribution in [3.63, 3.8) is 0 Å². The normalized spacial score (nSPS) is 13.1. The zero-order valence-electron chi connectivity index (χ0n) is 30.8. The average molecular weight is 704 g/mol. The smallest absolute Gasteiger partial charge is 0.136 e. The lowest BCUT2D eigenvalue weighted by molar-refractivity contribution is 0.660. The van der Waals surface area contributed by atoms with Crippen molar-refractivity contribution in [2.24, 2.45) is 0 Å². The summed E-state index contributed by atoms with van der Waals surface area (Å²) >= 11 is 0. The van der Waals surface area contributed by atoms with Gasteiger partial charge in [-0.1, -0.05) is 153 Å². The molecule has 0 bridgehead atoms. The van der Waals surface area contributed by atoms with Gasteiger partial charge in [0.1, 0.15) is 11.2 Å². The summed E-state index contributed by atoms with van der Waals surface area (Å²) in [4.78, 5) is 2.49. The fourth-order valence-corrected chi connectivity index (χ4v) is 9.15. The maximum atomic E-state index is 6.40. The highest BCUT2D eigenvalue weighted by Gasteiger charge is 2.38. The summed E-state index contributed by atoms with van der Waals surface area (Å²) in [5.41, 5.74) is 15.1. The van der Waals surface area contributed by atoms with Gasteiger partial charge in [-0.15, -0.1) is 0 Å². The van der Waals surface area contributed by atoms with Gasteiger partial charge in [0.2, 0.25) is 0 Å². The van der Waals surface area contributed by atoms with Crippen molar-refractivity contribution in [2.45, 2.75) is 19.3 Å². The Balaban J connectivity index is 1.14. The topological polar surface area (TPSA) is 16.4 Å². The number of anilines is 3. The molecule has 0 radical (unpaired) electrons. The molecule has 11 rings (SSSR count). The van der Waals surface area contributed by atoms with Crippen molar-refractivity contribution in [2.75, 3.05) is 4.90 Å². The fourth-order valence-electron chi connectivity index (χ4n) is 9.15. The van der Waals surface area contributed by atoms with E-state index in [1.165, 1.54) is 60.6 Å². The van der Waals surface area contributed by atoms with Crippen LogP contribution in [0.1, 0.15) is 25.0 Å². The Bertz CT molecular complexity index is 3150. The number of benzene rings is 9. The molecule has 55 heavy (non-hydrogen) atoms. The molecule has 10 aromatic rings. The van der Waals surface area contributed by atoms with Gasteiger partial charge in [-0.2, -0.15) is 0 Å². The van der Waals surface area contributed by atoms with E-state index in [2.05, 4.69) is 201 Å². The summed E-state index contributed by atoms with van der Waals surface area (Å²) in [6, 6.07) is 68.6. The summed E-state index contributed by atoms with van der Waals surface area (Å²) in [5, 5.41) is 7.17. The van der Waals surface area contributed by atoms with E-state index in [4.69, 9.17) is 4.42 Å². The Morgan fingerprint density at radius 1 is 0.418 bits per heavy atom. The third kappa shape index (κ3) is 4.88. The molecule has 0 amide bonds. The second kappa shape index (κ2) is 12.1. The first-order valence-corrected chi connectivity index (χ1v) is 19.1. The van der Waals surface area contributed by atoms with Crippen LogP contribution in [0.5, 0.6) is 0 Å². The molecule has 1 heterocycles. The van der Waals surface area contributed by atoms with E-state index in [0.717, 1.165) is 44.4 Å². The van der Waals surface area contributed by atoms with Crippen LogP contribution in [0.25, 0.3) is 76.9 Å². The van der Waals surface area contributed by atoms with E-state index < -0.39 is 0 Å². The van der Waals surface area contributed by atoms with Crippen LogP contribution in [0.3, 0.4) is 0 Å². The highest BCUT2D eigenvalue weighted by molar-refractivity contribution is 6.14. The molecule has 0 saturated carbocycles. The van der Waals surface area contributed by atoms with Crippen LogP contribution in [0.15, 0.2) is 192 Å². The lowest BCUT2D eigenvalue weighted by Gasteiger charge is -2.31. The standard InChI is InChI=1S/C53H37NO/c1-53(2)45-19-8-5-16-43(45)52-46(53)20-12-22-48(52)54(47-21-9-6-15-41(47)42-18-11-24-50-51(42)44-17-7-10-23-49(44)55-50)40-30-29-38-32-37(27-28-39(38)33-40)36-26-25-34-13-3-4-14-35(34)31-36/h3-33H,1-2H3. The highest BCUT2D eigenvalue weighted by Crippen LogP contribution is 2.55. The summed E-state index contributed by atoms with van der Waals surface area (Å²) in [6.45, 7) is 4.71. The van der Waals surface area contributed by atoms with Gasteiger partial charge in [0.25, 0.3) is 0 Å². The van der Waals surface area contributed by atoms with Gasteiger partial charge >= 0.3 is 0 Å². The Morgan fingerprint density at radius 2 is 1.00 bits per heavy atom. The largest absolute Gasteiger partial charge is 0.456 e. The highest BCUT2D eigenvalue weighted by atomic mass is 16.3. The van der Waals surface area contributed by atoms with Gasteiger partial charge in [0, 0.05) is 33.0 Å². The quantitative estimate of drug-likeness (QED) is 0.177. The number of rotatable bonds is 5. The molecule has 1 aliphatic rings. The summed E-state index contributed by atoms with van der Waals surface area (Å²) < 4.78 is 6.40. The number of hydrogen-bond acceptors (Lipinski definition) is 2. The third-order valence-electron chi connectivity index (χ3n) is 11.8. The number of furan rings is 1. The predicted octanol–water partition coefficient (Wildman–Crippen LogP) is 15.0. The minimum Gasteiger partial charge on any atom is -0.456 e. The molecule has 1 aromatic heterocycles. The number of para-hydroxylation sites is 2. The molecule has 260 valence electrons. The molecule has 0 N–H and O–H groups in total. The second-order valence-corrected chi connectivity index (χ2v) is 15.3. The van der Waals surface area contributed by atoms with E-state index in [1.807, 2.05) is 6.07 Å². The number of fused-ring (bicyclic) bond motifs is 8. The molecule has 0 spiro atoms. The molecule has 0 unspecified atom stereocenters.